The van der Waals surface area contributed by atoms with Crippen molar-refractivity contribution in [2.75, 3.05) is 24.2 Å². The highest BCUT2D eigenvalue weighted by Crippen LogP contribution is 2.37. The summed E-state index contributed by atoms with van der Waals surface area (Å²) in [6, 6.07) is 24.5. The van der Waals surface area contributed by atoms with Gasteiger partial charge < -0.3 is 9.47 Å². The number of sulfonamides is 1. The molecule has 0 aliphatic rings. The van der Waals surface area contributed by atoms with Gasteiger partial charge in [0.15, 0.2) is 11.0 Å². The molecular weight excluding hydrogens is 542 g/mol. The summed E-state index contributed by atoms with van der Waals surface area (Å²) in [5, 5.41) is 0.386. The van der Waals surface area contributed by atoms with E-state index in [0.717, 1.165) is 22.3 Å². The Hall–Kier alpha value is -3.40. The molecule has 40 heavy (non-hydrogen) atoms. The zero-order valence-electron chi connectivity index (χ0n) is 23.5. The third-order valence-electron chi connectivity index (χ3n) is 6.22. The summed E-state index contributed by atoms with van der Waals surface area (Å²) in [4.78, 5) is 9.29. The lowest BCUT2D eigenvalue weighted by atomic mass is 9.87. The number of hydrogen-bond donors (Lipinski definition) is 1. The molecule has 1 heterocycles. The van der Waals surface area contributed by atoms with E-state index in [0.29, 0.717) is 23.9 Å². The van der Waals surface area contributed by atoms with Gasteiger partial charge in [0.25, 0.3) is 10.0 Å². The summed E-state index contributed by atoms with van der Waals surface area (Å²) in [5.41, 5.74) is 4.30. The summed E-state index contributed by atoms with van der Waals surface area (Å²) in [6.07, 6.45) is 1.83. The number of nitrogens with zero attached hydrogens (tertiary/aromatic N) is 2. The minimum Gasteiger partial charge on any atom is -0.475 e. The van der Waals surface area contributed by atoms with Crippen LogP contribution >= 0.6 is 11.8 Å². The van der Waals surface area contributed by atoms with Gasteiger partial charge in [0, 0.05) is 0 Å². The molecule has 0 bridgehead atoms. The van der Waals surface area contributed by atoms with Gasteiger partial charge in [0.1, 0.15) is 6.61 Å². The fraction of sp³-hybridized carbons (Fsp3) is 0.290. The average molecular weight is 578 g/mol. The number of anilines is 1. The Bertz CT molecular complexity index is 1520. The standard InChI is InChI=1S/C31H35N3O4S2/c1-22-11-13-24(14-12-22)27-28(34-40(35,36)26-17-15-25(16-18-26)31(2,3)4)32-30(39-5)33-29(27)38-20-19-37-21-23-9-7-6-8-10-23/h6-18H,19-21H2,1-5H3,(H,32,33,34). The van der Waals surface area contributed by atoms with E-state index >= 15 is 0 Å². The smallest absolute Gasteiger partial charge is 0.263 e. The van der Waals surface area contributed by atoms with Crippen molar-refractivity contribution in [1.29, 1.82) is 0 Å². The van der Waals surface area contributed by atoms with Gasteiger partial charge >= 0.3 is 0 Å². The van der Waals surface area contributed by atoms with Gasteiger partial charge in [0.05, 0.1) is 23.7 Å². The second kappa shape index (κ2) is 12.8. The van der Waals surface area contributed by atoms with Crippen LogP contribution in [0.25, 0.3) is 11.1 Å². The molecular formula is C31H35N3O4S2. The molecule has 4 aromatic rings. The van der Waals surface area contributed by atoms with Crippen LogP contribution in [-0.4, -0.2) is 37.9 Å². The average Bonchev–Trinajstić information content (AvgIpc) is 2.93. The number of benzene rings is 3. The fourth-order valence-corrected chi connectivity index (χ4v) is 5.32. The van der Waals surface area contributed by atoms with E-state index in [2.05, 4.69) is 35.5 Å². The third kappa shape index (κ3) is 7.62. The van der Waals surface area contributed by atoms with Crippen LogP contribution in [0, 0.1) is 6.92 Å². The van der Waals surface area contributed by atoms with Crippen LogP contribution < -0.4 is 9.46 Å². The largest absolute Gasteiger partial charge is 0.475 e. The minimum absolute atomic E-state index is 0.0920. The molecule has 0 aliphatic carbocycles. The van der Waals surface area contributed by atoms with Crippen molar-refractivity contribution in [3.8, 4) is 17.0 Å². The predicted octanol–water partition coefficient (Wildman–Crippen LogP) is 6.87. The first-order valence-corrected chi connectivity index (χ1v) is 15.7. The van der Waals surface area contributed by atoms with Gasteiger partial charge in [-0.3, -0.25) is 4.72 Å². The topological polar surface area (TPSA) is 90.4 Å². The van der Waals surface area contributed by atoms with E-state index < -0.39 is 10.0 Å². The first-order valence-electron chi connectivity index (χ1n) is 13.0. The van der Waals surface area contributed by atoms with Crippen LogP contribution in [0.1, 0.15) is 37.5 Å². The number of ether oxygens (including phenoxy) is 2. The molecule has 0 amide bonds. The Morgan fingerprint density at radius 3 is 2.17 bits per heavy atom. The predicted molar refractivity (Wildman–Crippen MR) is 162 cm³/mol. The zero-order valence-corrected chi connectivity index (χ0v) is 25.1. The molecule has 0 fully saturated rings. The molecule has 4 rings (SSSR count). The lowest BCUT2D eigenvalue weighted by Gasteiger charge is -2.20. The first kappa shape index (κ1) is 29.6. The summed E-state index contributed by atoms with van der Waals surface area (Å²) < 4.78 is 41.6. The molecule has 0 saturated carbocycles. The summed E-state index contributed by atoms with van der Waals surface area (Å²) in [5.74, 6) is 0.440. The van der Waals surface area contributed by atoms with Gasteiger partial charge in [-0.05, 0) is 47.4 Å². The van der Waals surface area contributed by atoms with Crippen LogP contribution in [0.15, 0.2) is 88.9 Å². The summed E-state index contributed by atoms with van der Waals surface area (Å²) in [7, 11) is -3.95. The van der Waals surface area contributed by atoms with Gasteiger partial charge in [0.2, 0.25) is 5.88 Å². The van der Waals surface area contributed by atoms with Gasteiger partial charge in [-0.25, -0.2) is 13.4 Å². The Kier molecular flexibility index (Phi) is 9.50. The monoisotopic (exact) mass is 577 g/mol. The number of thioether (sulfide) groups is 1. The number of hydrogen-bond acceptors (Lipinski definition) is 7. The van der Waals surface area contributed by atoms with E-state index in [9.17, 15) is 8.42 Å². The molecule has 0 atom stereocenters. The molecule has 9 heteroatoms. The van der Waals surface area contributed by atoms with Crippen molar-refractivity contribution in [3.63, 3.8) is 0 Å². The second-order valence-corrected chi connectivity index (χ2v) is 12.8. The number of aromatic nitrogens is 2. The first-order chi connectivity index (χ1) is 19.1. The molecule has 0 unspecified atom stereocenters. The van der Waals surface area contributed by atoms with Crippen molar-refractivity contribution in [3.05, 3.63) is 95.6 Å². The SMILES string of the molecule is CSc1nc(NS(=O)(=O)c2ccc(C(C)(C)C)cc2)c(-c2ccc(C)cc2)c(OCCOCc2ccccc2)n1. The van der Waals surface area contributed by atoms with Crippen LogP contribution in [0.3, 0.4) is 0 Å². The van der Waals surface area contributed by atoms with Crippen molar-refractivity contribution in [2.45, 2.75) is 49.8 Å². The van der Waals surface area contributed by atoms with E-state index in [1.807, 2.05) is 79.9 Å². The quantitative estimate of drug-likeness (QED) is 0.118. The van der Waals surface area contributed by atoms with E-state index in [-0.39, 0.29) is 28.6 Å². The lowest BCUT2D eigenvalue weighted by molar-refractivity contribution is 0.0874. The molecule has 0 aliphatic heterocycles. The Balaban J connectivity index is 1.64. The summed E-state index contributed by atoms with van der Waals surface area (Å²) in [6.45, 7) is 9.28. The van der Waals surface area contributed by atoms with Gasteiger partial charge in [-0.15, -0.1) is 0 Å². The number of nitrogens with one attached hydrogen (secondary N) is 1. The van der Waals surface area contributed by atoms with Crippen LogP contribution in [0.5, 0.6) is 5.88 Å². The Labute approximate surface area is 241 Å². The number of rotatable bonds is 11. The summed E-state index contributed by atoms with van der Waals surface area (Å²) >= 11 is 1.30. The minimum atomic E-state index is -3.95. The van der Waals surface area contributed by atoms with Crippen LogP contribution in [-0.2, 0) is 26.8 Å². The number of aryl methyl sites for hydroxylation is 1. The lowest BCUT2D eigenvalue weighted by Crippen LogP contribution is -2.17. The maximum absolute atomic E-state index is 13.5. The van der Waals surface area contributed by atoms with Crippen molar-refractivity contribution >= 4 is 27.6 Å². The maximum atomic E-state index is 13.5. The molecule has 0 radical (unpaired) electrons. The highest BCUT2D eigenvalue weighted by atomic mass is 32.2. The van der Waals surface area contributed by atoms with E-state index in [1.54, 1.807) is 12.1 Å². The van der Waals surface area contributed by atoms with E-state index in [4.69, 9.17) is 9.47 Å². The Morgan fingerprint density at radius 1 is 0.875 bits per heavy atom. The van der Waals surface area contributed by atoms with Crippen molar-refractivity contribution < 1.29 is 17.9 Å². The molecule has 210 valence electrons. The Morgan fingerprint density at radius 2 is 1.55 bits per heavy atom. The normalized spacial score (nSPS) is 11.8. The van der Waals surface area contributed by atoms with Gasteiger partial charge in [-0.1, -0.05) is 105 Å². The zero-order chi connectivity index (χ0) is 28.8. The van der Waals surface area contributed by atoms with Gasteiger partial charge in [-0.2, -0.15) is 4.98 Å². The fourth-order valence-electron chi connectivity index (χ4n) is 3.95. The highest BCUT2D eigenvalue weighted by Gasteiger charge is 2.24. The van der Waals surface area contributed by atoms with Crippen LogP contribution in [0.4, 0.5) is 5.82 Å². The van der Waals surface area contributed by atoms with Crippen molar-refractivity contribution in [2.24, 2.45) is 0 Å². The molecule has 3 aromatic carbocycles. The molecule has 0 saturated heterocycles. The highest BCUT2D eigenvalue weighted by molar-refractivity contribution is 7.98. The molecule has 1 N–H and O–H groups in total. The molecule has 7 nitrogen and oxygen atoms in total. The van der Waals surface area contributed by atoms with E-state index in [1.165, 1.54) is 11.8 Å². The second-order valence-electron chi connectivity index (χ2n) is 10.4. The molecule has 1 aromatic heterocycles. The molecule has 0 spiro atoms. The maximum Gasteiger partial charge on any atom is 0.263 e. The van der Waals surface area contributed by atoms with Crippen molar-refractivity contribution in [1.82, 2.24) is 9.97 Å². The third-order valence-corrected chi connectivity index (χ3v) is 8.12. The van der Waals surface area contributed by atoms with Crippen LogP contribution in [0.2, 0.25) is 0 Å².